The molecule has 1 aromatic carbocycles. The molecular formula is C14H14F3N3O4. The van der Waals surface area contributed by atoms with Crippen molar-refractivity contribution in [3.8, 4) is 5.75 Å². The summed E-state index contributed by atoms with van der Waals surface area (Å²) in [6.45, 7) is 1.60. The molecule has 1 fully saturated rings. The summed E-state index contributed by atoms with van der Waals surface area (Å²) in [4.78, 5) is 34.8. The van der Waals surface area contributed by atoms with Crippen molar-refractivity contribution >= 4 is 23.5 Å². The zero-order chi connectivity index (χ0) is 17.9. The second-order valence-electron chi connectivity index (χ2n) is 5.18. The molecule has 0 spiro atoms. The van der Waals surface area contributed by atoms with E-state index in [1.165, 1.54) is 12.1 Å². The van der Waals surface area contributed by atoms with Crippen LogP contribution in [0, 0.1) is 5.92 Å². The van der Waals surface area contributed by atoms with Gasteiger partial charge in [-0.3, -0.25) is 14.9 Å². The second-order valence-corrected chi connectivity index (χ2v) is 5.18. The molecule has 2 unspecified atom stereocenters. The largest absolute Gasteiger partial charge is 0.573 e. The molecule has 1 aliphatic heterocycles. The number of hydrogen-bond acceptors (Lipinski definition) is 4. The van der Waals surface area contributed by atoms with Crippen LogP contribution < -0.4 is 20.7 Å². The van der Waals surface area contributed by atoms with Crippen molar-refractivity contribution in [2.45, 2.75) is 25.7 Å². The van der Waals surface area contributed by atoms with Crippen molar-refractivity contribution in [1.29, 1.82) is 0 Å². The lowest BCUT2D eigenvalue weighted by Crippen LogP contribution is -2.57. The number of urea groups is 1. The van der Waals surface area contributed by atoms with Gasteiger partial charge in [-0.25, -0.2) is 4.79 Å². The van der Waals surface area contributed by atoms with Crippen molar-refractivity contribution in [3.63, 3.8) is 0 Å². The first-order chi connectivity index (χ1) is 11.1. The third-order valence-electron chi connectivity index (χ3n) is 3.31. The fraction of sp³-hybridized carbons (Fsp3) is 0.357. The van der Waals surface area contributed by atoms with E-state index >= 15 is 0 Å². The van der Waals surface area contributed by atoms with Crippen molar-refractivity contribution < 1.29 is 32.3 Å². The van der Waals surface area contributed by atoms with Crippen LogP contribution >= 0.6 is 0 Å². The standard InChI is InChI=1S/C14H14F3N3O4/c1-7-10(12(22)20-13(23)18-7)6-11(21)19-8-2-4-9(5-3-8)24-14(15,16)17/h2-5,7,10H,6H2,1H3,(H,19,21)(H2,18,20,22,23). The molecule has 0 aliphatic carbocycles. The molecule has 1 aliphatic rings. The van der Waals surface area contributed by atoms with E-state index in [0.29, 0.717) is 0 Å². The first-order valence-corrected chi connectivity index (χ1v) is 6.91. The molecule has 10 heteroatoms. The number of alkyl halides is 3. The van der Waals surface area contributed by atoms with Gasteiger partial charge < -0.3 is 15.4 Å². The lowest BCUT2D eigenvalue weighted by molar-refractivity contribution is -0.274. The van der Waals surface area contributed by atoms with Crippen LogP contribution in [0.1, 0.15) is 13.3 Å². The Balaban J connectivity index is 1.92. The molecule has 130 valence electrons. The van der Waals surface area contributed by atoms with Gasteiger partial charge in [-0.1, -0.05) is 0 Å². The number of benzene rings is 1. The van der Waals surface area contributed by atoms with Crippen molar-refractivity contribution in [1.82, 2.24) is 10.6 Å². The maximum Gasteiger partial charge on any atom is 0.573 e. The number of carbonyl (C=O) groups is 3. The van der Waals surface area contributed by atoms with Crippen LogP contribution in [0.25, 0.3) is 0 Å². The fourth-order valence-corrected chi connectivity index (χ4v) is 2.20. The van der Waals surface area contributed by atoms with Crippen LogP contribution in [-0.2, 0) is 9.59 Å². The van der Waals surface area contributed by atoms with Crippen LogP contribution in [-0.4, -0.2) is 30.2 Å². The normalized spacial score (nSPS) is 20.8. The van der Waals surface area contributed by atoms with Gasteiger partial charge in [-0.05, 0) is 31.2 Å². The summed E-state index contributed by atoms with van der Waals surface area (Å²) in [5, 5.41) is 7.01. The van der Waals surface area contributed by atoms with Crippen LogP contribution in [0.4, 0.5) is 23.7 Å². The highest BCUT2D eigenvalue weighted by atomic mass is 19.4. The fourth-order valence-electron chi connectivity index (χ4n) is 2.20. The summed E-state index contributed by atoms with van der Waals surface area (Å²) in [6, 6.07) is 3.46. The highest BCUT2D eigenvalue weighted by Gasteiger charge is 2.34. The number of ether oxygens (including phenoxy) is 1. The molecule has 0 saturated carbocycles. The molecule has 0 aromatic heterocycles. The number of hydrogen-bond donors (Lipinski definition) is 3. The minimum Gasteiger partial charge on any atom is -0.406 e. The molecule has 4 amide bonds. The molecule has 7 nitrogen and oxygen atoms in total. The smallest absolute Gasteiger partial charge is 0.406 e. The molecule has 3 N–H and O–H groups in total. The van der Waals surface area contributed by atoms with Gasteiger partial charge in [0.25, 0.3) is 0 Å². The van der Waals surface area contributed by atoms with Crippen LogP contribution in [0.5, 0.6) is 5.75 Å². The second kappa shape index (κ2) is 6.77. The average molecular weight is 345 g/mol. The molecule has 2 atom stereocenters. The lowest BCUT2D eigenvalue weighted by Gasteiger charge is -2.28. The number of amides is 4. The first kappa shape index (κ1) is 17.6. The van der Waals surface area contributed by atoms with Crippen LogP contribution in [0.15, 0.2) is 24.3 Å². The molecule has 2 rings (SSSR count). The summed E-state index contributed by atoms with van der Waals surface area (Å²) in [7, 11) is 0. The van der Waals surface area contributed by atoms with Crippen LogP contribution in [0.2, 0.25) is 0 Å². The molecule has 1 aromatic rings. The topological polar surface area (TPSA) is 96.5 Å². The third kappa shape index (κ3) is 4.86. The summed E-state index contributed by atoms with van der Waals surface area (Å²) in [6.07, 6.45) is -4.98. The molecule has 1 heterocycles. The zero-order valence-electron chi connectivity index (χ0n) is 12.4. The van der Waals surface area contributed by atoms with Gasteiger partial charge in [0, 0.05) is 18.2 Å². The van der Waals surface area contributed by atoms with Crippen molar-refractivity contribution in [2.75, 3.05) is 5.32 Å². The summed E-state index contributed by atoms with van der Waals surface area (Å²) in [5.41, 5.74) is 0.252. The Labute approximate surface area is 134 Å². The van der Waals surface area contributed by atoms with Gasteiger partial charge in [0.1, 0.15) is 5.75 Å². The quantitative estimate of drug-likeness (QED) is 0.775. The number of imide groups is 1. The maximum atomic E-state index is 12.1. The molecule has 1 saturated heterocycles. The number of halogens is 3. The van der Waals surface area contributed by atoms with Crippen molar-refractivity contribution in [3.05, 3.63) is 24.3 Å². The third-order valence-corrected chi connectivity index (χ3v) is 3.31. The SMILES string of the molecule is CC1NC(=O)NC(=O)C1CC(=O)Nc1ccc(OC(F)(F)F)cc1. The minimum absolute atomic E-state index is 0.186. The molecule has 0 radical (unpaired) electrons. The summed E-state index contributed by atoms with van der Waals surface area (Å²) in [5.74, 6) is -2.23. The van der Waals surface area contributed by atoms with E-state index in [1.807, 2.05) is 0 Å². The zero-order valence-corrected chi connectivity index (χ0v) is 12.4. The van der Waals surface area contributed by atoms with E-state index < -0.39 is 41.9 Å². The highest BCUT2D eigenvalue weighted by molar-refractivity contribution is 6.01. The lowest BCUT2D eigenvalue weighted by atomic mass is 9.94. The van der Waals surface area contributed by atoms with Crippen molar-refractivity contribution in [2.24, 2.45) is 5.92 Å². The Hall–Kier alpha value is -2.78. The molecular weight excluding hydrogens is 331 g/mol. The highest BCUT2D eigenvalue weighted by Crippen LogP contribution is 2.24. The average Bonchev–Trinajstić information content (AvgIpc) is 2.43. The Kier molecular flexibility index (Phi) is 4.96. The summed E-state index contributed by atoms with van der Waals surface area (Å²) < 4.78 is 39.9. The number of carbonyl (C=O) groups excluding carboxylic acids is 3. The number of anilines is 1. The van der Waals surface area contributed by atoms with Gasteiger partial charge in [0.05, 0.1) is 5.92 Å². The van der Waals surface area contributed by atoms with E-state index in [9.17, 15) is 27.6 Å². The minimum atomic E-state index is -4.79. The first-order valence-electron chi connectivity index (χ1n) is 6.91. The molecule has 0 bridgehead atoms. The Morgan fingerprint density at radius 2 is 1.88 bits per heavy atom. The maximum absolute atomic E-state index is 12.1. The number of nitrogens with one attached hydrogen (secondary N) is 3. The number of rotatable bonds is 4. The van der Waals surface area contributed by atoms with E-state index in [-0.39, 0.29) is 12.1 Å². The van der Waals surface area contributed by atoms with Gasteiger partial charge in [0.2, 0.25) is 11.8 Å². The van der Waals surface area contributed by atoms with Crippen LogP contribution in [0.3, 0.4) is 0 Å². The van der Waals surface area contributed by atoms with Gasteiger partial charge in [-0.2, -0.15) is 0 Å². The monoisotopic (exact) mass is 345 g/mol. The Bertz CT molecular complexity index is 646. The predicted octanol–water partition coefficient (Wildman–Crippen LogP) is 1.76. The van der Waals surface area contributed by atoms with E-state index in [2.05, 4.69) is 20.7 Å². The molecule has 24 heavy (non-hydrogen) atoms. The van der Waals surface area contributed by atoms with Gasteiger partial charge in [-0.15, -0.1) is 13.2 Å². The van der Waals surface area contributed by atoms with E-state index in [4.69, 9.17) is 0 Å². The van der Waals surface area contributed by atoms with Gasteiger partial charge >= 0.3 is 12.4 Å². The van der Waals surface area contributed by atoms with Gasteiger partial charge in [0.15, 0.2) is 0 Å². The summed E-state index contributed by atoms with van der Waals surface area (Å²) >= 11 is 0. The van der Waals surface area contributed by atoms with E-state index in [0.717, 1.165) is 12.1 Å². The Morgan fingerprint density at radius 3 is 2.42 bits per heavy atom. The Morgan fingerprint density at radius 1 is 1.25 bits per heavy atom. The van der Waals surface area contributed by atoms with E-state index in [1.54, 1.807) is 6.92 Å². The predicted molar refractivity (Wildman–Crippen MR) is 76.0 cm³/mol.